The summed E-state index contributed by atoms with van der Waals surface area (Å²) in [5.74, 6) is -0.337. The van der Waals surface area contributed by atoms with Crippen molar-refractivity contribution >= 4 is 22.6 Å². The van der Waals surface area contributed by atoms with Crippen LogP contribution in [-0.2, 0) is 4.79 Å². The lowest BCUT2D eigenvalue weighted by molar-refractivity contribution is -0.125. The largest absolute Gasteiger partial charge is 0.506 e. The number of nitrogens with one attached hydrogen (secondary N) is 1. The Labute approximate surface area is 177 Å². The second-order valence-electron chi connectivity index (χ2n) is 8.46. The summed E-state index contributed by atoms with van der Waals surface area (Å²) in [5, 5.41) is 15.4. The van der Waals surface area contributed by atoms with Gasteiger partial charge in [-0.2, -0.15) is 0 Å². The zero-order valence-corrected chi connectivity index (χ0v) is 17.6. The average molecular weight is 410 g/mol. The summed E-state index contributed by atoms with van der Waals surface area (Å²) in [7, 11) is 0. The van der Waals surface area contributed by atoms with Crippen LogP contribution in [0.1, 0.15) is 49.4 Å². The molecule has 1 atom stereocenters. The summed E-state index contributed by atoms with van der Waals surface area (Å²) >= 11 is 0. The molecule has 160 valence electrons. The van der Waals surface area contributed by atoms with Crippen molar-refractivity contribution < 1.29 is 14.7 Å². The molecule has 0 saturated carbocycles. The molecule has 2 fully saturated rings. The second-order valence-corrected chi connectivity index (χ2v) is 8.46. The highest BCUT2D eigenvalue weighted by Gasteiger charge is 2.36. The van der Waals surface area contributed by atoms with Gasteiger partial charge in [-0.3, -0.25) is 9.59 Å². The molecule has 0 bridgehead atoms. The van der Waals surface area contributed by atoms with Crippen LogP contribution >= 0.6 is 0 Å². The Balaban J connectivity index is 1.44. The number of likely N-dealkylation sites (tertiary alicyclic amines) is 2. The van der Waals surface area contributed by atoms with Crippen molar-refractivity contribution in [1.82, 2.24) is 15.1 Å². The van der Waals surface area contributed by atoms with Crippen molar-refractivity contribution in [1.29, 1.82) is 0 Å². The molecule has 1 unspecified atom stereocenters. The van der Waals surface area contributed by atoms with Crippen LogP contribution in [0.5, 0.6) is 5.75 Å². The summed E-state index contributed by atoms with van der Waals surface area (Å²) in [5.41, 5.74) is 0.265. The molecule has 2 aromatic carbocycles. The number of amides is 2. The number of phenolic OH excluding ortho intramolecular Hbond substituents is 1. The van der Waals surface area contributed by atoms with E-state index >= 15 is 0 Å². The van der Waals surface area contributed by atoms with Crippen molar-refractivity contribution in [3.05, 3.63) is 42.0 Å². The van der Waals surface area contributed by atoms with Gasteiger partial charge in [0.25, 0.3) is 5.91 Å². The molecule has 2 aromatic rings. The molecule has 2 amide bonds. The minimum absolute atomic E-state index is 0.00699. The van der Waals surface area contributed by atoms with E-state index in [9.17, 15) is 14.7 Å². The fourth-order valence-corrected chi connectivity index (χ4v) is 4.78. The average Bonchev–Trinajstić information content (AvgIpc) is 3.25. The Morgan fingerprint density at radius 2 is 1.83 bits per heavy atom. The third-order valence-corrected chi connectivity index (χ3v) is 6.42. The van der Waals surface area contributed by atoms with Crippen LogP contribution in [0.3, 0.4) is 0 Å². The number of carbonyl (C=O) groups is 2. The number of aromatic hydroxyl groups is 1. The summed E-state index contributed by atoms with van der Waals surface area (Å²) in [6.45, 7) is 5.86. The Bertz CT molecular complexity index is 921. The number of phenols is 1. The molecule has 0 spiro atoms. The first-order valence-corrected chi connectivity index (χ1v) is 11.1. The quantitative estimate of drug-likeness (QED) is 0.796. The lowest BCUT2D eigenvalue weighted by Gasteiger charge is -2.33. The second kappa shape index (κ2) is 9.04. The Kier molecular flexibility index (Phi) is 6.23. The lowest BCUT2D eigenvalue weighted by atomic mass is 10.0. The monoisotopic (exact) mass is 409 g/mol. The van der Waals surface area contributed by atoms with Crippen LogP contribution in [0.2, 0.25) is 0 Å². The first-order valence-electron chi connectivity index (χ1n) is 11.1. The molecule has 0 radical (unpaired) electrons. The van der Waals surface area contributed by atoms with E-state index in [1.165, 1.54) is 0 Å². The van der Waals surface area contributed by atoms with Crippen LogP contribution in [0, 0.1) is 0 Å². The Morgan fingerprint density at radius 3 is 2.60 bits per heavy atom. The van der Waals surface area contributed by atoms with Crippen molar-refractivity contribution in [3.63, 3.8) is 0 Å². The predicted octanol–water partition coefficient (Wildman–Crippen LogP) is 3.14. The molecule has 2 aliphatic heterocycles. The van der Waals surface area contributed by atoms with Gasteiger partial charge in [0, 0.05) is 31.1 Å². The Morgan fingerprint density at radius 1 is 1.07 bits per heavy atom. The van der Waals surface area contributed by atoms with Crippen molar-refractivity contribution in [2.75, 3.05) is 26.2 Å². The van der Waals surface area contributed by atoms with Gasteiger partial charge in [0.2, 0.25) is 5.91 Å². The third kappa shape index (κ3) is 4.15. The van der Waals surface area contributed by atoms with Crippen LogP contribution in [0.15, 0.2) is 36.4 Å². The van der Waals surface area contributed by atoms with Gasteiger partial charge < -0.3 is 20.2 Å². The van der Waals surface area contributed by atoms with Gasteiger partial charge >= 0.3 is 0 Å². The van der Waals surface area contributed by atoms with E-state index in [2.05, 4.69) is 17.1 Å². The maximum atomic E-state index is 13.2. The molecule has 4 rings (SSSR count). The van der Waals surface area contributed by atoms with E-state index in [-0.39, 0.29) is 29.2 Å². The smallest absolute Gasteiger partial charge is 0.258 e. The van der Waals surface area contributed by atoms with Crippen LogP contribution in [0.4, 0.5) is 0 Å². The van der Waals surface area contributed by atoms with Crippen molar-refractivity contribution in [2.45, 2.75) is 51.1 Å². The highest BCUT2D eigenvalue weighted by atomic mass is 16.3. The number of nitrogens with zero attached hydrogens (tertiary/aromatic N) is 2. The molecule has 2 heterocycles. The van der Waals surface area contributed by atoms with Crippen LogP contribution < -0.4 is 5.32 Å². The number of piperidine rings is 1. The molecule has 0 aromatic heterocycles. The molecule has 6 heteroatoms. The standard InChI is InChI=1S/C24H31N3O3/c1-2-13-26-15-11-18(12-16-26)25-23(29)21-8-5-14-27(21)24(30)20-10-9-17-6-3-4-7-19(17)22(20)28/h3-4,6-7,9-10,18,21,28H,2,5,8,11-16H2,1H3,(H,25,29). The van der Waals surface area contributed by atoms with Crippen molar-refractivity contribution in [2.24, 2.45) is 0 Å². The number of carbonyl (C=O) groups excluding carboxylic acids is 2. The van der Waals surface area contributed by atoms with Gasteiger partial charge in [-0.05, 0) is 50.1 Å². The predicted molar refractivity (Wildman–Crippen MR) is 118 cm³/mol. The number of hydrogen-bond acceptors (Lipinski definition) is 4. The number of rotatable bonds is 5. The van der Waals surface area contributed by atoms with Gasteiger partial charge in [-0.25, -0.2) is 0 Å². The van der Waals surface area contributed by atoms with E-state index in [1.54, 1.807) is 17.0 Å². The first kappa shape index (κ1) is 20.7. The summed E-state index contributed by atoms with van der Waals surface area (Å²) in [4.78, 5) is 30.3. The number of fused-ring (bicyclic) bond motifs is 1. The van der Waals surface area contributed by atoms with E-state index in [0.29, 0.717) is 18.4 Å². The Hall–Kier alpha value is -2.60. The summed E-state index contributed by atoms with van der Waals surface area (Å²) in [6.07, 6.45) is 4.53. The summed E-state index contributed by atoms with van der Waals surface area (Å²) in [6, 6.07) is 10.7. The van der Waals surface area contributed by atoms with Gasteiger partial charge in [0.15, 0.2) is 0 Å². The molecule has 2 N–H and O–H groups in total. The van der Waals surface area contributed by atoms with E-state index in [4.69, 9.17) is 0 Å². The van der Waals surface area contributed by atoms with E-state index < -0.39 is 6.04 Å². The highest BCUT2D eigenvalue weighted by Crippen LogP contribution is 2.31. The van der Waals surface area contributed by atoms with Gasteiger partial charge in [-0.15, -0.1) is 0 Å². The maximum Gasteiger partial charge on any atom is 0.258 e. The molecule has 2 aliphatic rings. The molecule has 0 aliphatic carbocycles. The minimum Gasteiger partial charge on any atom is -0.506 e. The zero-order valence-electron chi connectivity index (χ0n) is 17.6. The van der Waals surface area contributed by atoms with Gasteiger partial charge in [0.1, 0.15) is 11.8 Å². The fraction of sp³-hybridized carbons (Fsp3) is 0.500. The van der Waals surface area contributed by atoms with Crippen molar-refractivity contribution in [3.8, 4) is 5.75 Å². The first-order chi connectivity index (χ1) is 14.6. The minimum atomic E-state index is -0.461. The fourth-order valence-electron chi connectivity index (χ4n) is 4.78. The number of hydrogen-bond donors (Lipinski definition) is 2. The molecule has 30 heavy (non-hydrogen) atoms. The third-order valence-electron chi connectivity index (χ3n) is 6.42. The van der Waals surface area contributed by atoms with Crippen LogP contribution in [0.25, 0.3) is 10.8 Å². The lowest BCUT2D eigenvalue weighted by Crippen LogP contribution is -2.51. The zero-order chi connectivity index (χ0) is 21.1. The van der Waals surface area contributed by atoms with E-state index in [1.807, 2.05) is 24.3 Å². The summed E-state index contributed by atoms with van der Waals surface area (Å²) < 4.78 is 0. The van der Waals surface area contributed by atoms with Gasteiger partial charge in [0.05, 0.1) is 5.56 Å². The topological polar surface area (TPSA) is 72.9 Å². The van der Waals surface area contributed by atoms with E-state index in [0.717, 1.165) is 50.7 Å². The van der Waals surface area contributed by atoms with Gasteiger partial charge in [-0.1, -0.05) is 37.3 Å². The normalized spacial score (nSPS) is 20.6. The number of benzene rings is 2. The maximum absolute atomic E-state index is 13.2. The van der Waals surface area contributed by atoms with Crippen LogP contribution in [-0.4, -0.2) is 65.0 Å². The molecule has 6 nitrogen and oxygen atoms in total. The molecular weight excluding hydrogens is 378 g/mol. The highest BCUT2D eigenvalue weighted by molar-refractivity contribution is 6.05. The molecular formula is C24H31N3O3. The SMILES string of the molecule is CCCN1CCC(NC(=O)C2CCCN2C(=O)c2ccc3ccccc3c2O)CC1. The molecule has 2 saturated heterocycles.